The molecule has 1 aliphatic rings. The number of imidazole rings is 1. The van der Waals surface area contributed by atoms with Gasteiger partial charge < -0.3 is 19.9 Å². The van der Waals surface area contributed by atoms with Gasteiger partial charge >= 0.3 is 0 Å². The van der Waals surface area contributed by atoms with E-state index in [9.17, 15) is 4.39 Å². The van der Waals surface area contributed by atoms with Crippen LogP contribution in [0.15, 0.2) is 41.9 Å². The van der Waals surface area contributed by atoms with E-state index in [1.165, 1.54) is 18.9 Å². The van der Waals surface area contributed by atoms with Crippen molar-refractivity contribution in [1.82, 2.24) is 20.2 Å². The fraction of sp³-hybridized carbons (Fsp3) is 0.500. The quantitative estimate of drug-likeness (QED) is 0.382. The Kier molecular flexibility index (Phi) is 7.21. The zero-order chi connectivity index (χ0) is 18.9. The van der Waals surface area contributed by atoms with Crippen molar-refractivity contribution < 1.29 is 9.13 Å². The molecule has 0 saturated heterocycles. The molecule has 0 unspecified atom stereocenters. The first-order chi connectivity index (χ1) is 13.3. The minimum absolute atomic E-state index is 0.286. The van der Waals surface area contributed by atoms with Gasteiger partial charge in [-0.25, -0.2) is 14.4 Å². The third-order valence-corrected chi connectivity index (χ3v) is 4.37. The van der Waals surface area contributed by atoms with E-state index in [2.05, 4.69) is 20.6 Å². The normalized spacial score (nSPS) is 14.4. The molecule has 0 bridgehead atoms. The van der Waals surface area contributed by atoms with Gasteiger partial charge in [0.15, 0.2) is 5.96 Å². The van der Waals surface area contributed by atoms with Gasteiger partial charge in [0.25, 0.3) is 0 Å². The molecule has 1 aliphatic carbocycles. The molecule has 0 aliphatic heterocycles. The maximum absolute atomic E-state index is 14.3. The third kappa shape index (κ3) is 6.36. The van der Waals surface area contributed by atoms with Crippen LogP contribution >= 0.6 is 0 Å². The first-order valence-corrected chi connectivity index (χ1v) is 9.63. The van der Waals surface area contributed by atoms with E-state index in [-0.39, 0.29) is 5.82 Å². The van der Waals surface area contributed by atoms with Crippen LogP contribution in [0, 0.1) is 11.7 Å². The van der Waals surface area contributed by atoms with Gasteiger partial charge in [0, 0.05) is 38.7 Å². The van der Waals surface area contributed by atoms with E-state index in [1.54, 1.807) is 29.4 Å². The molecule has 7 heteroatoms. The van der Waals surface area contributed by atoms with E-state index in [4.69, 9.17) is 4.74 Å². The highest BCUT2D eigenvalue weighted by Crippen LogP contribution is 2.28. The number of benzene rings is 1. The van der Waals surface area contributed by atoms with Gasteiger partial charge in [0.2, 0.25) is 0 Å². The first-order valence-electron chi connectivity index (χ1n) is 9.63. The summed E-state index contributed by atoms with van der Waals surface area (Å²) in [6.07, 6.45) is 8.50. The lowest BCUT2D eigenvalue weighted by Crippen LogP contribution is -2.38. The summed E-state index contributed by atoms with van der Waals surface area (Å²) >= 11 is 0. The number of hydrogen-bond donors (Lipinski definition) is 2. The van der Waals surface area contributed by atoms with Crippen molar-refractivity contribution in [2.75, 3.05) is 26.3 Å². The number of rotatable bonds is 10. The van der Waals surface area contributed by atoms with Crippen molar-refractivity contribution in [2.24, 2.45) is 10.9 Å². The molecule has 1 aromatic heterocycles. The zero-order valence-corrected chi connectivity index (χ0v) is 15.8. The summed E-state index contributed by atoms with van der Waals surface area (Å²) in [4.78, 5) is 8.49. The Labute approximate surface area is 159 Å². The van der Waals surface area contributed by atoms with Gasteiger partial charge in [-0.1, -0.05) is 6.07 Å². The largest absolute Gasteiger partial charge is 0.381 e. The molecule has 0 spiro atoms. The molecular weight excluding hydrogens is 345 g/mol. The summed E-state index contributed by atoms with van der Waals surface area (Å²) in [5.74, 6) is 1.25. The van der Waals surface area contributed by atoms with Crippen molar-refractivity contribution in [3.05, 3.63) is 48.3 Å². The van der Waals surface area contributed by atoms with Crippen LogP contribution < -0.4 is 10.6 Å². The minimum Gasteiger partial charge on any atom is -0.381 e. The Morgan fingerprint density at radius 2 is 2.26 bits per heavy atom. The topological polar surface area (TPSA) is 63.5 Å². The van der Waals surface area contributed by atoms with Crippen molar-refractivity contribution in [3.63, 3.8) is 0 Å². The molecule has 0 amide bonds. The highest BCUT2D eigenvalue weighted by Gasteiger charge is 2.20. The van der Waals surface area contributed by atoms with Crippen LogP contribution in [-0.2, 0) is 11.3 Å². The third-order valence-electron chi connectivity index (χ3n) is 4.37. The second-order valence-electron chi connectivity index (χ2n) is 6.75. The highest BCUT2D eigenvalue weighted by molar-refractivity contribution is 5.79. The summed E-state index contributed by atoms with van der Waals surface area (Å²) in [6, 6.07) is 5.16. The number of nitrogens with zero attached hydrogens (tertiary/aromatic N) is 3. The van der Waals surface area contributed by atoms with Crippen LogP contribution in [0.3, 0.4) is 0 Å². The Morgan fingerprint density at radius 1 is 1.37 bits per heavy atom. The number of guanidine groups is 1. The lowest BCUT2D eigenvalue weighted by Gasteiger charge is -2.12. The van der Waals surface area contributed by atoms with Gasteiger partial charge in [0.05, 0.1) is 18.6 Å². The maximum Gasteiger partial charge on any atom is 0.191 e. The summed E-state index contributed by atoms with van der Waals surface area (Å²) < 4.78 is 21.6. The number of nitrogens with one attached hydrogen (secondary N) is 2. The van der Waals surface area contributed by atoms with Gasteiger partial charge in [-0.3, -0.25) is 0 Å². The van der Waals surface area contributed by atoms with Crippen molar-refractivity contribution in [2.45, 2.75) is 32.7 Å². The van der Waals surface area contributed by atoms with Crippen LogP contribution in [-0.4, -0.2) is 41.8 Å². The second-order valence-corrected chi connectivity index (χ2v) is 6.75. The summed E-state index contributed by atoms with van der Waals surface area (Å²) in [7, 11) is 0. The Bertz CT molecular complexity index is 728. The Hall–Kier alpha value is -2.41. The van der Waals surface area contributed by atoms with E-state index in [1.807, 2.05) is 13.0 Å². The predicted octanol–water partition coefficient (Wildman–Crippen LogP) is 2.88. The molecule has 6 nitrogen and oxygen atoms in total. The molecule has 27 heavy (non-hydrogen) atoms. The minimum atomic E-state index is -0.286. The SMILES string of the molecule is CCNC(=NCc1ccc(-n2ccnc2)c(F)c1)NCCCOCC1CC1. The standard InChI is InChI=1S/C20H28FN5O/c1-2-23-20(24-8-3-11-27-14-16-4-5-16)25-13-17-6-7-19(18(21)12-17)26-10-9-22-15-26/h6-7,9-10,12,15-16H,2-5,8,11,13-14H2,1H3,(H2,23,24,25). The molecular formula is C20H28FN5O. The second kappa shape index (κ2) is 10.1. The molecule has 0 radical (unpaired) electrons. The van der Waals surface area contributed by atoms with Crippen LogP contribution in [0.25, 0.3) is 5.69 Å². The van der Waals surface area contributed by atoms with Crippen molar-refractivity contribution in [3.8, 4) is 5.69 Å². The van der Waals surface area contributed by atoms with E-state index < -0.39 is 0 Å². The number of aromatic nitrogens is 2. The average molecular weight is 373 g/mol. The van der Waals surface area contributed by atoms with Crippen LogP contribution in [0.5, 0.6) is 0 Å². The van der Waals surface area contributed by atoms with Gasteiger partial charge in [-0.05, 0) is 49.8 Å². The van der Waals surface area contributed by atoms with Gasteiger partial charge in [0.1, 0.15) is 5.82 Å². The fourth-order valence-electron chi connectivity index (χ4n) is 2.69. The monoisotopic (exact) mass is 373 g/mol. The van der Waals surface area contributed by atoms with Crippen molar-refractivity contribution >= 4 is 5.96 Å². The number of halogens is 1. The molecule has 1 aromatic carbocycles. The molecule has 2 aromatic rings. The van der Waals surface area contributed by atoms with Gasteiger partial charge in [-0.15, -0.1) is 0 Å². The summed E-state index contributed by atoms with van der Waals surface area (Å²) in [5.41, 5.74) is 1.30. The molecule has 1 heterocycles. The van der Waals surface area contributed by atoms with E-state index in [0.29, 0.717) is 12.2 Å². The van der Waals surface area contributed by atoms with E-state index in [0.717, 1.165) is 50.2 Å². The van der Waals surface area contributed by atoms with Crippen molar-refractivity contribution in [1.29, 1.82) is 0 Å². The number of hydrogen-bond acceptors (Lipinski definition) is 3. The molecule has 0 atom stereocenters. The predicted molar refractivity (Wildman–Crippen MR) is 105 cm³/mol. The van der Waals surface area contributed by atoms with E-state index >= 15 is 0 Å². The molecule has 146 valence electrons. The molecule has 2 N–H and O–H groups in total. The average Bonchev–Trinajstić information content (AvgIpc) is 3.33. The smallest absolute Gasteiger partial charge is 0.191 e. The van der Waals surface area contributed by atoms with Crippen LogP contribution in [0.1, 0.15) is 31.7 Å². The lowest BCUT2D eigenvalue weighted by atomic mass is 10.2. The fourth-order valence-corrected chi connectivity index (χ4v) is 2.69. The molecule has 1 fully saturated rings. The highest BCUT2D eigenvalue weighted by atomic mass is 19.1. The Morgan fingerprint density at radius 3 is 2.96 bits per heavy atom. The number of ether oxygens (including phenoxy) is 1. The summed E-state index contributed by atoms with van der Waals surface area (Å²) in [5, 5.41) is 6.51. The number of aliphatic imine (C=N–C) groups is 1. The molecule has 1 saturated carbocycles. The molecule has 3 rings (SSSR count). The van der Waals surface area contributed by atoms with Crippen LogP contribution in [0.4, 0.5) is 4.39 Å². The lowest BCUT2D eigenvalue weighted by molar-refractivity contribution is 0.123. The Balaban J connectivity index is 1.47. The first kappa shape index (κ1) is 19.4. The maximum atomic E-state index is 14.3. The van der Waals surface area contributed by atoms with Gasteiger partial charge in [-0.2, -0.15) is 0 Å². The summed E-state index contributed by atoms with van der Waals surface area (Å²) in [6.45, 7) is 5.67. The zero-order valence-electron chi connectivity index (χ0n) is 15.8. The van der Waals surface area contributed by atoms with Crippen LogP contribution in [0.2, 0.25) is 0 Å².